The molecule has 1 rings (SSSR count). The lowest BCUT2D eigenvalue weighted by atomic mass is 10.1. The third-order valence-corrected chi connectivity index (χ3v) is 2.98. The van der Waals surface area contributed by atoms with Crippen molar-refractivity contribution in [3.8, 4) is 5.88 Å². The van der Waals surface area contributed by atoms with Crippen LogP contribution in [0.2, 0.25) is 0 Å². The number of hydrogen-bond donors (Lipinski definition) is 1. The van der Waals surface area contributed by atoms with Gasteiger partial charge in [-0.05, 0) is 19.8 Å². The Kier molecular flexibility index (Phi) is 4.80. The molecule has 4 nitrogen and oxygen atoms in total. The fourth-order valence-electron chi connectivity index (χ4n) is 1.19. The Balaban J connectivity index is 2.76. The molecule has 90 valence electrons. The van der Waals surface area contributed by atoms with Crippen molar-refractivity contribution in [1.82, 2.24) is 9.97 Å². The van der Waals surface area contributed by atoms with Crippen LogP contribution in [0.15, 0.2) is 6.07 Å². The lowest BCUT2D eigenvalue weighted by Crippen LogP contribution is -2.26. The van der Waals surface area contributed by atoms with Gasteiger partial charge in [0.1, 0.15) is 0 Å². The monoisotopic (exact) mass is 243 g/mol. The molecule has 0 saturated heterocycles. The quantitative estimate of drug-likeness (QED) is 0.808. The second-order valence-corrected chi connectivity index (χ2v) is 4.25. The molecule has 1 N–H and O–H groups in total. The van der Waals surface area contributed by atoms with Crippen LogP contribution in [0, 0.1) is 12.8 Å². The van der Waals surface area contributed by atoms with Gasteiger partial charge < -0.3 is 10.1 Å². The van der Waals surface area contributed by atoms with Crippen LogP contribution in [0.25, 0.3) is 0 Å². The fraction of sp³-hybridized carbons (Fsp3) is 0.636. The summed E-state index contributed by atoms with van der Waals surface area (Å²) in [6.07, 6.45) is 0. The zero-order valence-electron chi connectivity index (χ0n) is 10.1. The minimum absolute atomic E-state index is 0.226. The summed E-state index contributed by atoms with van der Waals surface area (Å²) >= 11 is 5.80. The summed E-state index contributed by atoms with van der Waals surface area (Å²) in [5.74, 6) is 2.12. The van der Waals surface area contributed by atoms with E-state index in [1.807, 2.05) is 6.92 Å². The van der Waals surface area contributed by atoms with Crippen molar-refractivity contribution in [2.75, 3.05) is 18.3 Å². The molecule has 1 aromatic heterocycles. The summed E-state index contributed by atoms with van der Waals surface area (Å²) in [4.78, 5) is 8.51. The van der Waals surface area contributed by atoms with Crippen LogP contribution in [0.1, 0.15) is 19.5 Å². The van der Waals surface area contributed by atoms with Crippen molar-refractivity contribution in [2.45, 2.75) is 26.8 Å². The normalized spacial score (nSPS) is 14.3. The molecule has 0 radical (unpaired) electrons. The van der Waals surface area contributed by atoms with Crippen molar-refractivity contribution in [3.63, 3.8) is 0 Å². The zero-order chi connectivity index (χ0) is 12.1. The zero-order valence-corrected chi connectivity index (χ0v) is 10.9. The van der Waals surface area contributed by atoms with E-state index in [1.54, 1.807) is 13.2 Å². The van der Waals surface area contributed by atoms with E-state index in [-0.39, 0.29) is 6.04 Å². The molecular formula is C11H18ClN3O. The summed E-state index contributed by atoms with van der Waals surface area (Å²) in [5, 5.41) is 3.22. The van der Waals surface area contributed by atoms with Crippen LogP contribution in [-0.4, -0.2) is 29.0 Å². The van der Waals surface area contributed by atoms with Gasteiger partial charge in [0.2, 0.25) is 11.8 Å². The smallest absolute Gasteiger partial charge is 0.226 e. The van der Waals surface area contributed by atoms with E-state index in [9.17, 15) is 0 Å². The van der Waals surface area contributed by atoms with Gasteiger partial charge in [-0.3, -0.25) is 0 Å². The third-order valence-electron chi connectivity index (χ3n) is 2.49. The predicted molar refractivity (Wildman–Crippen MR) is 66.3 cm³/mol. The Morgan fingerprint density at radius 1 is 1.44 bits per heavy atom. The van der Waals surface area contributed by atoms with Crippen molar-refractivity contribution in [1.29, 1.82) is 0 Å². The molecule has 2 unspecified atom stereocenters. The van der Waals surface area contributed by atoms with Gasteiger partial charge in [-0.25, -0.2) is 4.98 Å². The molecule has 0 bridgehead atoms. The Morgan fingerprint density at radius 3 is 2.69 bits per heavy atom. The van der Waals surface area contributed by atoms with Crippen LogP contribution in [0.4, 0.5) is 5.95 Å². The molecule has 2 atom stereocenters. The highest BCUT2D eigenvalue weighted by atomic mass is 35.5. The van der Waals surface area contributed by atoms with Gasteiger partial charge in [0.05, 0.1) is 7.11 Å². The summed E-state index contributed by atoms with van der Waals surface area (Å²) in [7, 11) is 1.59. The number of aromatic nitrogens is 2. The highest BCUT2D eigenvalue weighted by Crippen LogP contribution is 2.14. The number of hydrogen-bond acceptors (Lipinski definition) is 4. The molecule has 1 heterocycles. The molecule has 0 aliphatic carbocycles. The van der Waals surface area contributed by atoms with E-state index in [4.69, 9.17) is 16.3 Å². The highest BCUT2D eigenvalue weighted by Gasteiger charge is 2.12. The Morgan fingerprint density at radius 2 is 2.12 bits per heavy atom. The maximum atomic E-state index is 5.80. The number of aryl methyl sites for hydroxylation is 1. The van der Waals surface area contributed by atoms with E-state index in [2.05, 4.69) is 29.1 Å². The fourth-order valence-corrected chi connectivity index (χ4v) is 1.46. The number of alkyl halides is 1. The number of halogens is 1. The standard InChI is InChI=1S/C11H18ClN3O/c1-7(6-12)9(3)14-11-13-8(2)5-10(15-11)16-4/h5,7,9H,6H2,1-4H3,(H,13,14,15). The molecule has 0 aromatic carbocycles. The first-order valence-electron chi connectivity index (χ1n) is 5.29. The van der Waals surface area contributed by atoms with E-state index in [0.717, 1.165) is 5.69 Å². The molecular weight excluding hydrogens is 226 g/mol. The van der Waals surface area contributed by atoms with Crippen LogP contribution in [0.5, 0.6) is 5.88 Å². The first-order chi connectivity index (χ1) is 7.56. The summed E-state index contributed by atoms with van der Waals surface area (Å²) in [6, 6.07) is 2.02. The predicted octanol–water partition coefficient (Wildman–Crippen LogP) is 2.47. The van der Waals surface area contributed by atoms with Crippen molar-refractivity contribution in [3.05, 3.63) is 11.8 Å². The number of ether oxygens (including phenoxy) is 1. The van der Waals surface area contributed by atoms with Crippen molar-refractivity contribution in [2.24, 2.45) is 5.92 Å². The molecule has 0 spiro atoms. The van der Waals surface area contributed by atoms with Gasteiger partial charge in [-0.2, -0.15) is 4.98 Å². The molecule has 0 saturated carbocycles. The molecule has 0 aliphatic rings. The van der Waals surface area contributed by atoms with Crippen LogP contribution in [0.3, 0.4) is 0 Å². The van der Waals surface area contributed by atoms with Crippen molar-refractivity contribution < 1.29 is 4.74 Å². The van der Waals surface area contributed by atoms with Gasteiger partial charge in [-0.15, -0.1) is 11.6 Å². The molecule has 0 fully saturated rings. The number of rotatable bonds is 5. The summed E-state index contributed by atoms with van der Waals surface area (Å²) in [6.45, 7) is 6.05. The van der Waals surface area contributed by atoms with Gasteiger partial charge >= 0.3 is 0 Å². The lowest BCUT2D eigenvalue weighted by molar-refractivity contribution is 0.396. The Bertz CT molecular complexity index is 346. The van der Waals surface area contributed by atoms with E-state index in [0.29, 0.717) is 23.6 Å². The number of anilines is 1. The number of methoxy groups -OCH3 is 1. The second-order valence-electron chi connectivity index (χ2n) is 3.94. The number of nitrogens with one attached hydrogen (secondary N) is 1. The molecule has 16 heavy (non-hydrogen) atoms. The summed E-state index contributed by atoms with van der Waals surface area (Å²) < 4.78 is 5.09. The summed E-state index contributed by atoms with van der Waals surface area (Å²) in [5.41, 5.74) is 0.875. The molecule has 0 aliphatic heterocycles. The van der Waals surface area contributed by atoms with Crippen molar-refractivity contribution >= 4 is 17.5 Å². The van der Waals surface area contributed by atoms with E-state index >= 15 is 0 Å². The maximum Gasteiger partial charge on any atom is 0.226 e. The lowest BCUT2D eigenvalue weighted by Gasteiger charge is -2.19. The van der Waals surface area contributed by atoms with E-state index < -0.39 is 0 Å². The Hall–Kier alpha value is -1.03. The van der Waals surface area contributed by atoms with Crippen LogP contribution >= 0.6 is 11.6 Å². The second kappa shape index (κ2) is 5.89. The highest BCUT2D eigenvalue weighted by molar-refractivity contribution is 6.18. The van der Waals surface area contributed by atoms with Crippen LogP contribution < -0.4 is 10.1 Å². The molecule has 5 heteroatoms. The van der Waals surface area contributed by atoms with Crippen LogP contribution in [-0.2, 0) is 0 Å². The first kappa shape index (κ1) is 13.0. The minimum Gasteiger partial charge on any atom is -0.481 e. The average Bonchev–Trinajstić information content (AvgIpc) is 2.26. The number of nitrogens with zero attached hydrogens (tertiary/aromatic N) is 2. The SMILES string of the molecule is COc1cc(C)nc(NC(C)C(C)CCl)n1. The third kappa shape index (κ3) is 3.52. The molecule has 0 amide bonds. The van der Waals surface area contributed by atoms with Gasteiger partial charge in [0, 0.05) is 23.7 Å². The average molecular weight is 244 g/mol. The topological polar surface area (TPSA) is 47.0 Å². The molecule has 1 aromatic rings. The van der Waals surface area contributed by atoms with Gasteiger partial charge in [0.15, 0.2) is 0 Å². The van der Waals surface area contributed by atoms with Gasteiger partial charge in [0.25, 0.3) is 0 Å². The first-order valence-corrected chi connectivity index (χ1v) is 5.82. The Labute approximate surface area is 101 Å². The van der Waals surface area contributed by atoms with Gasteiger partial charge in [-0.1, -0.05) is 6.92 Å². The largest absolute Gasteiger partial charge is 0.481 e. The maximum absolute atomic E-state index is 5.80. The minimum atomic E-state index is 0.226. The van der Waals surface area contributed by atoms with E-state index in [1.165, 1.54) is 0 Å².